The normalized spacial score (nSPS) is 26.4. The van der Waals surface area contributed by atoms with Crippen LogP contribution in [-0.2, 0) is 22.4 Å². The molecule has 142 valence electrons. The van der Waals surface area contributed by atoms with E-state index in [9.17, 15) is 9.59 Å². The first-order valence-electron chi connectivity index (χ1n) is 9.15. The number of aliphatic carboxylic acids is 1. The lowest BCUT2D eigenvalue weighted by atomic mass is 9.75. The third kappa shape index (κ3) is 3.47. The summed E-state index contributed by atoms with van der Waals surface area (Å²) in [4.78, 5) is 26.2. The number of carboxylic acids is 2. The van der Waals surface area contributed by atoms with Crippen molar-refractivity contribution in [2.75, 3.05) is 0 Å². The number of hydrogen-bond acceptors (Lipinski definition) is 5. The maximum Gasteiger partial charge on any atom is 0.357 e. The van der Waals surface area contributed by atoms with Gasteiger partial charge in [0.1, 0.15) is 6.26 Å². The molecule has 2 aliphatic rings. The maximum atomic E-state index is 11.1. The molecule has 4 unspecified atom stereocenters. The van der Waals surface area contributed by atoms with E-state index >= 15 is 0 Å². The second kappa shape index (κ2) is 7.15. The maximum absolute atomic E-state index is 11.1. The fourth-order valence-corrected chi connectivity index (χ4v) is 4.41. The molecule has 2 N–H and O–H groups in total. The molecule has 0 amide bonds. The zero-order chi connectivity index (χ0) is 19.0. The second-order valence-electron chi connectivity index (χ2n) is 7.22. The summed E-state index contributed by atoms with van der Waals surface area (Å²) in [5.41, 5.74) is 2.04. The number of aryl methyl sites for hydroxylation is 1. The van der Waals surface area contributed by atoms with Crippen molar-refractivity contribution < 1.29 is 29.0 Å². The van der Waals surface area contributed by atoms with E-state index in [1.54, 1.807) is 0 Å². The van der Waals surface area contributed by atoms with Gasteiger partial charge in [0.2, 0.25) is 5.89 Å². The highest BCUT2D eigenvalue weighted by molar-refractivity contribution is 5.84. The molecule has 4 atom stereocenters. The number of ether oxygens (including phenoxy) is 1. The van der Waals surface area contributed by atoms with E-state index < -0.39 is 11.9 Å². The molecular weight excluding hydrogens is 350 g/mol. The van der Waals surface area contributed by atoms with E-state index in [4.69, 9.17) is 19.4 Å². The largest absolute Gasteiger partial charge is 0.481 e. The summed E-state index contributed by atoms with van der Waals surface area (Å²) in [5.74, 6) is -1.44. The van der Waals surface area contributed by atoms with Crippen LogP contribution in [0.2, 0.25) is 0 Å². The minimum absolute atomic E-state index is 0.00789. The van der Waals surface area contributed by atoms with E-state index in [-0.39, 0.29) is 36.2 Å². The Kier molecular flexibility index (Phi) is 4.70. The van der Waals surface area contributed by atoms with Crippen LogP contribution in [0.15, 0.2) is 34.9 Å². The van der Waals surface area contributed by atoms with Crippen molar-refractivity contribution in [3.63, 3.8) is 0 Å². The molecule has 0 aliphatic carbocycles. The van der Waals surface area contributed by atoms with Gasteiger partial charge in [-0.2, -0.15) is 0 Å². The number of rotatable bonds is 7. The first-order chi connectivity index (χ1) is 13.0. The molecule has 1 aromatic heterocycles. The minimum Gasteiger partial charge on any atom is -0.481 e. The Morgan fingerprint density at radius 2 is 1.85 bits per heavy atom. The highest BCUT2D eigenvalue weighted by Gasteiger charge is 2.51. The molecule has 0 spiro atoms. The average Bonchev–Trinajstić information content (AvgIpc) is 3.36. The number of aromatic carboxylic acids is 1. The van der Waals surface area contributed by atoms with E-state index in [2.05, 4.69) is 4.98 Å². The lowest BCUT2D eigenvalue weighted by Gasteiger charge is -2.26. The molecule has 7 heteroatoms. The number of nitrogens with zero attached hydrogens (tertiary/aromatic N) is 1. The van der Waals surface area contributed by atoms with Gasteiger partial charge in [-0.25, -0.2) is 9.78 Å². The molecule has 7 nitrogen and oxygen atoms in total. The fraction of sp³-hybridized carbons (Fsp3) is 0.450. The third-order valence-electron chi connectivity index (χ3n) is 5.63. The average molecular weight is 371 g/mol. The standard InChI is InChI=1S/C20H21NO6/c22-17(23)8-5-11-3-1-2-4-12(11)9-13-15-6-7-16(27-15)18(13)19-21-14(10-26-19)20(24)25/h1-4,10,13,15-16,18H,5-9H2,(H,22,23)(H,24,25). The second-order valence-corrected chi connectivity index (χ2v) is 7.22. The summed E-state index contributed by atoms with van der Waals surface area (Å²) < 4.78 is 11.6. The quantitative estimate of drug-likeness (QED) is 0.770. The van der Waals surface area contributed by atoms with Crippen LogP contribution in [0.3, 0.4) is 0 Å². The summed E-state index contributed by atoms with van der Waals surface area (Å²) in [6.07, 6.45) is 4.45. The van der Waals surface area contributed by atoms with Gasteiger partial charge >= 0.3 is 11.9 Å². The molecule has 27 heavy (non-hydrogen) atoms. The summed E-state index contributed by atoms with van der Waals surface area (Å²) in [6.45, 7) is 0. The van der Waals surface area contributed by atoms with Crippen molar-refractivity contribution in [1.29, 1.82) is 0 Å². The predicted octanol–water partition coefficient (Wildman–Crippen LogP) is 2.89. The summed E-state index contributed by atoms with van der Waals surface area (Å²) >= 11 is 0. The number of hydrogen-bond donors (Lipinski definition) is 2. The van der Waals surface area contributed by atoms with Crippen LogP contribution in [0.1, 0.15) is 52.7 Å². The summed E-state index contributed by atoms with van der Waals surface area (Å²) in [6, 6.07) is 7.87. The molecular formula is C20H21NO6. The fourth-order valence-electron chi connectivity index (χ4n) is 4.41. The van der Waals surface area contributed by atoms with Crippen LogP contribution in [0.4, 0.5) is 0 Å². The monoisotopic (exact) mass is 371 g/mol. The van der Waals surface area contributed by atoms with E-state index in [1.165, 1.54) is 6.26 Å². The van der Waals surface area contributed by atoms with Crippen LogP contribution in [0.25, 0.3) is 0 Å². The number of oxazole rings is 1. The third-order valence-corrected chi connectivity index (χ3v) is 5.63. The van der Waals surface area contributed by atoms with Crippen LogP contribution in [0, 0.1) is 5.92 Å². The number of fused-ring (bicyclic) bond motifs is 2. The van der Waals surface area contributed by atoms with Crippen LogP contribution in [-0.4, -0.2) is 39.3 Å². The summed E-state index contributed by atoms with van der Waals surface area (Å²) in [7, 11) is 0. The lowest BCUT2D eigenvalue weighted by Crippen LogP contribution is -2.28. The van der Waals surface area contributed by atoms with E-state index in [1.807, 2.05) is 24.3 Å². The van der Waals surface area contributed by atoms with Crippen LogP contribution < -0.4 is 0 Å². The molecule has 0 saturated carbocycles. The van der Waals surface area contributed by atoms with Gasteiger partial charge in [-0.05, 0) is 36.8 Å². The van der Waals surface area contributed by atoms with Crippen molar-refractivity contribution in [1.82, 2.24) is 4.98 Å². The van der Waals surface area contributed by atoms with Gasteiger partial charge in [-0.15, -0.1) is 0 Å². The number of carboxylic acid groups (broad SMARTS) is 2. The van der Waals surface area contributed by atoms with Crippen molar-refractivity contribution in [2.45, 2.75) is 50.2 Å². The van der Waals surface area contributed by atoms with Crippen LogP contribution >= 0.6 is 0 Å². The number of aromatic nitrogens is 1. The van der Waals surface area contributed by atoms with Crippen molar-refractivity contribution in [3.8, 4) is 0 Å². The molecule has 2 fully saturated rings. The Bertz CT molecular complexity index is 860. The molecule has 0 radical (unpaired) electrons. The van der Waals surface area contributed by atoms with Gasteiger partial charge in [-0.3, -0.25) is 4.79 Å². The molecule has 2 saturated heterocycles. The highest BCUT2D eigenvalue weighted by Crippen LogP contribution is 2.49. The Morgan fingerprint density at radius 1 is 1.11 bits per heavy atom. The molecule has 1 aromatic carbocycles. The number of benzene rings is 1. The molecule has 3 heterocycles. The Morgan fingerprint density at radius 3 is 2.56 bits per heavy atom. The van der Waals surface area contributed by atoms with E-state index in [0.29, 0.717) is 12.3 Å². The topological polar surface area (TPSA) is 110 Å². The number of carbonyl (C=O) groups is 2. The molecule has 2 bridgehead atoms. The Hall–Kier alpha value is -2.67. The molecule has 2 aliphatic heterocycles. The molecule has 4 rings (SSSR count). The summed E-state index contributed by atoms with van der Waals surface area (Å²) in [5, 5.41) is 18.1. The van der Waals surface area contributed by atoms with Gasteiger partial charge in [0, 0.05) is 12.3 Å². The molecule has 2 aromatic rings. The SMILES string of the molecule is O=C(O)CCc1ccccc1CC1C2CCC(O2)C1c1nc(C(=O)O)co1. The Labute approximate surface area is 156 Å². The van der Waals surface area contributed by atoms with Crippen molar-refractivity contribution in [2.24, 2.45) is 5.92 Å². The zero-order valence-electron chi connectivity index (χ0n) is 14.7. The first-order valence-corrected chi connectivity index (χ1v) is 9.15. The van der Waals surface area contributed by atoms with Crippen molar-refractivity contribution >= 4 is 11.9 Å². The van der Waals surface area contributed by atoms with Crippen LogP contribution in [0.5, 0.6) is 0 Å². The van der Waals surface area contributed by atoms with Gasteiger partial charge in [-0.1, -0.05) is 24.3 Å². The van der Waals surface area contributed by atoms with Gasteiger partial charge < -0.3 is 19.4 Å². The van der Waals surface area contributed by atoms with Gasteiger partial charge in [0.15, 0.2) is 5.69 Å². The van der Waals surface area contributed by atoms with Crippen molar-refractivity contribution in [3.05, 3.63) is 53.2 Å². The highest BCUT2D eigenvalue weighted by atomic mass is 16.5. The predicted molar refractivity (Wildman–Crippen MR) is 93.7 cm³/mol. The van der Waals surface area contributed by atoms with E-state index in [0.717, 1.165) is 30.4 Å². The minimum atomic E-state index is -1.11. The van der Waals surface area contributed by atoms with Gasteiger partial charge in [0.05, 0.1) is 18.1 Å². The first kappa shape index (κ1) is 17.7. The lowest BCUT2D eigenvalue weighted by molar-refractivity contribution is -0.136. The Balaban J connectivity index is 1.58. The zero-order valence-corrected chi connectivity index (χ0v) is 14.7. The van der Waals surface area contributed by atoms with Gasteiger partial charge in [0.25, 0.3) is 0 Å². The smallest absolute Gasteiger partial charge is 0.357 e.